The van der Waals surface area contributed by atoms with E-state index in [0.29, 0.717) is 12.1 Å². The Balaban J connectivity index is 2.49. The summed E-state index contributed by atoms with van der Waals surface area (Å²) in [6, 6.07) is 6.76. The fourth-order valence-corrected chi connectivity index (χ4v) is 1.91. The Bertz CT molecular complexity index is 591. The van der Waals surface area contributed by atoms with Gasteiger partial charge in [-0.15, -0.1) is 0 Å². The molecular weight excluding hydrogens is 256 g/mol. The molecule has 0 saturated heterocycles. The number of rotatable bonds is 2. The molecule has 20 heavy (non-hydrogen) atoms. The van der Waals surface area contributed by atoms with Crippen LogP contribution in [0.3, 0.4) is 0 Å². The lowest BCUT2D eigenvalue weighted by atomic mass is 10.1. The molecule has 0 aromatic heterocycles. The Labute approximate surface area is 117 Å². The number of nitrogens with one attached hydrogen (secondary N) is 1. The van der Waals surface area contributed by atoms with Crippen LogP contribution in [-0.2, 0) is 14.3 Å². The molecule has 0 bridgehead atoms. The summed E-state index contributed by atoms with van der Waals surface area (Å²) in [4.78, 5) is 28.1. The maximum absolute atomic E-state index is 12.2. The number of amides is 1. The van der Waals surface area contributed by atoms with Crippen molar-refractivity contribution < 1.29 is 14.3 Å². The van der Waals surface area contributed by atoms with E-state index in [1.54, 1.807) is 12.2 Å². The number of fused-ring (bicyclic) bond motifs is 1. The number of hydrogen-bond donors (Lipinski definition) is 1. The molecule has 1 aromatic rings. The van der Waals surface area contributed by atoms with Crippen LogP contribution >= 0.6 is 0 Å². The van der Waals surface area contributed by atoms with E-state index in [-0.39, 0.29) is 11.6 Å². The number of methoxy groups -OCH3 is 1. The average Bonchev–Trinajstić information content (AvgIpc) is 2.54. The monoisotopic (exact) mass is 272 g/mol. The van der Waals surface area contributed by atoms with Gasteiger partial charge < -0.3 is 10.1 Å². The Kier molecular flexibility index (Phi) is 4.30. The third-order valence-electron chi connectivity index (χ3n) is 3.02. The molecule has 1 aliphatic heterocycles. The van der Waals surface area contributed by atoms with E-state index < -0.39 is 12.0 Å². The highest BCUT2D eigenvalue weighted by Crippen LogP contribution is 2.19. The summed E-state index contributed by atoms with van der Waals surface area (Å²) >= 11 is 0. The summed E-state index contributed by atoms with van der Waals surface area (Å²) in [5, 5.41) is 2.83. The highest BCUT2D eigenvalue weighted by atomic mass is 16.5. The first kappa shape index (κ1) is 14.0. The van der Waals surface area contributed by atoms with E-state index in [0.717, 1.165) is 5.56 Å². The Morgan fingerprint density at radius 1 is 1.35 bits per heavy atom. The first-order valence-electron chi connectivity index (χ1n) is 6.39. The second-order valence-electron chi connectivity index (χ2n) is 4.34. The molecule has 104 valence electrons. The third kappa shape index (κ3) is 2.93. The number of carbonyl (C=O) groups is 2. The lowest BCUT2D eigenvalue weighted by Gasteiger charge is -2.12. The van der Waals surface area contributed by atoms with Crippen molar-refractivity contribution in [3.8, 4) is 0 Å². The van der Waals surface area contributed by atoms with E-state index in [4.69, 9.17) is 4.74 Å². The third-order valence-corrected chi connectivity index (χ3v) is 3.02. The first-order chi connectivity index (χ1) is 9.65. The molecule has 1 aromatic carbocycles. The van der Waals surface area contributed by atoms with Gasteiger partial charge in [0.05, 0.1) is 7.11 Å². The van der Waals surface area contributed by atoms with Gasteiger partial charge in [-0.25, -0.2) is 4.79 Å². The van der Waals surface area contributed by atoms with Crippen LogP contribution in [0.4, 0.5) is 5.69 Å². The van der Waals surface area contributed by atoms with Gasteiger partial charge in [-0.3, -0.25) is 9.79 Å². The summed E-state index contributed by atoms with van der Waals surface area (Å²) in [5.41, 5.74) is 1.66. The van der Waals surface area contributed by atoms with E-state index >= 15 is 0 Å². The molecule has 2 rings (SSSR count). The van der Waals surface area contributed by atoms with Crippen molar-refractivity contribution in [3.63, 3.8) is 0 Å². The minimum Gasteiger partial charge on any atom is -0.464 e. The summed E-state index contributed by atoms with van der Waals surface area (Å²) < 4.78 is 4.69. The number of nitrogens with zero attached hydrogens (tertiary/aromatic N) is 1. The molecule has 1 amide bonds. The van der Waals surface area contributed by atoms with Gasteiger partial charge in [0.2, 0.25) is 5.91 Å². The molecule has 1 aliphatic rings. The van der Waals surface area contributed by atoms with Crippen molar-refractivity contribution in [2.45, 2.75) is 19.4 Å². The lowest BCUT2D eigenvalue weighted by molar-refractivity contribution is -0.132. The van der Waals surface area contributed by atoms with Crippen molar-refractivity contribution in [2.24, 2.45) is 4.99 Å². The fraction of sp³-hybridized carbons (Fsp3) is 0.267. The van der Waals surface area contributed by atoms with Crippen molar-refractivity contribution in [2.75, 3.05) is 12.4 Å². The fourth-order valence-electron chi connectivity index (χ4n) is 1.91. The van der Waals surface area contributed by atoms with Crippen molar-refractivity contribution in [1.29, 1.82) is 0 Å². The molecule has 1 atom stereocenters. The van der Waals surface area contributed by atoms with Crippen LogP contribution in [0.15, 0.2) is 35.3 Å². The molecule has 0 radical (unpaired) electrons. The zero-order valence-corrected chi connectivity index (χ0v) is 11.4. The van der Waals surface area contributed by atoms with E-state index in [1.807, 2.05) is 31.2 Å². The van der Waals surface area contributed by atoms with E-state index in [1.165, 1.54) is 7.11 Å². The highest BCUT2D eigenvalue weighted by molar-refractivity contribution is 6.42. The van der Waals surface area contributed by atoms with Gasteiger partial charge in [0.25, 0.3) is 0 Å². The molecule has 1 unspecified atom stereocenters. The van der Waals surface area contributed by atoms with Gasteiger partial charge in [0.15, 0.2) is 0 Å². The molecule has 0 fully saturated rings. The average molecular weight is 272 g/mol. The summed E-state index contributed by atoms with van der Waals surface area (Å²) in [6.07, 6.45) is 3.82. The Morgan fingerprint density at radius 2 is 2.10 bits per heavy atom. The normalized spacial score (nSPS) is 19.6. The van der Waals surface area contributed by atoms with Gasteiger partial charge >= 0.3 is 5.97 Å². The molecular formula is C15H16N2O3. The Hall–Kier alpha value is -2.43. The van der Waals surface area contributed by atoms with Crippen LogP contribution in [0.1, 0.15) is 18.9 Å². The maximum atomic E-state index is 12.2. The first-order valence-corrected chi connectivity index (χ1v) is 6.39. The topological polar surface area (TPSA) is 67.8 Å². The number of esters is 1. The van der Waals surface area contributed by atoms with Crippen LogP contribution in [0.2, 0.25) is 0 Å². The zero-order chi connectivity index (χ0) is 14.5. The predicted molar refractivity (Wildman–Crippen MR) is 77.6 cm³/mol. The van der Waals surface area contributed by atoms with Crippen LogP contribution in [0.5, 0.6) is 0 Å². The summed E-state index contributed by atoms with van der Waals surface area (Å²) in [7, 11) is 1.29. The number of benzene rings is 1. The molecule has 5 heteroatoms. The minimum absolute atomic E-state index is 0.145. The van der Waals surface area contributed by atoms with E-state index in [2.05, 4.69) is 10.3 Å². The molecule has 1 heterocycles. The van der Waals surface area contributed by atoms with Gasteiger partial charge in [-0.05, 0) is 24.1 Å². The number of anilines is 1. The van der Waals surface area contributed by atoms with Crippen molar-refractivity contribution in [1.82, 2.24) is 0 Å². The predicted octanol–water partition coefficient (Wildman–Crippen LogP) is 2.04. The van der Waals surface area contributed by atoms with Crippen molar-refractivity contribution >= 4 is 29.4 Å². The lowest BCUT2D eigenvalue weighted by Crippen LogP contribution is -2.28. The number of ether oxygens (including phenoxy) is 1. The second kappa shape index (κ2) is 6.14. The van der Waals surface area contributed by atoms with Gasteiger partial charge in [0, 0.05) is 5.69 Å². The van der Waals surface area contributed by atoms with Gasteiger partial charge in [0.1, 0.15) is 11.8 Å². The van der Waals surface area contributed by atoms with Crippen LogP contribution < -0.4 is 5.32 Å². The quantitative estimate of drug-likeness (QED) is 0.838. The molecule has 0 saturated carbocycles. The summed E-state index contributed by atoms with van der Waals surface area (Å²) in [5.74, 6) is -0.781. The van der Waals surface area contributed by atoms with Crippen LogP contribution in [-0.4, -0.2) is 30.7 Å². The van der Waals surface area contributed by atoms with Gasteiger partial charge in [-0.2, -0.15) is 0 Å². The summed E-state index contributed by atoms with van der Waals surface area (Å²) in [6.45, 7) is 1.84. The van der Waals surface area contributed by atoms with Gasteiger partial charge in [-0.1, -0.05) is 31.2 Å². The molecule has 0 spiro atoms. The largest absolute Gasteiger partial charge is 0.464 e. The standard InChI is InChI=1S/C15H16N2O3/c1-3-11-14(18)17-12-7-5-4-6-10(12)8-9-13(16-11)15(19)20-2/h4-9,11H,3H2,1-2H3,(H,17,18)/b9-8-,16-13?. The number of hydrogen-bond acceptors (Lipinski definition) is 4. The van der Waals surface area contributed by atoms with Crippen LogP contribution in [0.25, 0.3) is 6.08 Å². The molecule has 5 nitrogen and oxygen atoms in total. The molecule has 0 aliphatic carbocycles. The highest BCUT2D eigenvalue weighted by Gasteiger charge is 2.20. The smallest absolute Gasteiger partial charge is 0.356 e. The Morgan fingerprint density at radius 3 is 2.80 bits per heavy atom. The van der Waals surface area contributed by atoms with Crippen molar-refractivity contribution in [3.05, 3.63) is 35.9 Å². The number of carbonyl (C=O) groups excluding carboxylic acids is 2. The van der Waals surface area contributed by atoms with E-state index in [9.17, 15) is 9.59 Å². The number of para-hydroxylation sites is 1. The second-order valence-corrected chi connectivity index (χ2v) is 4.34. The number of aliphatic imine (C=N–C) groups is 1. The van der Waals surface area contributed by atoms with Crippen LogP contribution in [0, 0.1) is 0 Å². The zero-order valence-electron chi connectivity index (χ0n) is 11.4. The maximum Gasteiger partial charge on any atom is 0.356 e. The minimum atomic E-state index is -0.611. The molecule has 1 N–H and O–H groups in total. The SMILES string of the molecule is CCC1N=C(C(=O)OC)/C=C\c2ccccc2NC1=O.